The van der Waals surface area contributed by atoms with Crippen LogP contribution < -0.4 is 0 Å². The fourth-order valence-electron chi connectivity index (χ4n) is 6.23. The maximum absolute atomic E-state index is 14.0. The van der Waals surface area contributed by atoms with Crippen molar-refractivity contribution < 1.29 is 38.6 Å². The molecule has 1 spiro atoms. The van der Waals surface area contributed by atoms with E-state index in [1.54, 1.807) is 20.8 Å². The highest BCUT2D eigenvalue weighted by Gasteiger charge is 2.75. The molecule has 2 saturated carbocycles. The summed E-state index contributed by atoms with van der Waals surface area (Å²) in [5.41, 5.74) is -3.35. The van der Waals surface area contributed by atoms with Crippen LogP contribution in [0.5, 0.6) is 0 Å². The van der Waals surface area contributed by atoms with Gasteiger partial charge in [0.15, 0.2) is 23.4 Å². The third-order valence-electron chi connectivity index (χ3n) is 7.76. The van der Waals surface area contributed by atoms with E-state index >= 15 is 0 Å². The van der Waals surface area contributed by atoms with Gasteiger partial charge in [-0.1, -0.05) is 20.8 Å². The number of Topliss-reactive ketones (excluding diaryl/α,β-unsaturated/α-hetero) is 3. The number of ketones is 3. The molecule has 2 fully saturated rings. The van der Waals surface area contributed by atoms with E-state index in [0.29, 0.717) is 18.4 Å². The molecule has 5 atom stereocenters. The first kappa shape index (κ1) is 22.4. The Balaban J connectivity index is 1.95. The van der Waals surface area contributed by atoms with Crippen LogP contribution in [-0.2, 0) is 33.4 Å². The van der Waals surface area contributed by atoms with Crippen LogP contribution in [0.4, 0.5) is 0 Å². The monoisotopic (exact) mass is 444 g/mol. The van der Waals surface area contributed by atoms with Crippen LogP contribution in [0, 0.1) is 22.2 Å². The number of fused-ring (bicyclic) bond motifs is 2. The van der Waals surface area contributed by atoms with Gasteiger partial charge in [-0.15, -0.1) is 0 Å². The zero-order valence-corrected chi connectivity index (χ0v) is 19.2. The molecule has 172 valence electrons. The Bertz CT molecular complexity index is 1060. The van der Waals surface area contributed by atoms with Gasteiger partial charge in [0.05, 0.1) is 16.4 Å². The lowest BCUT2D eigenvalue weighted by Gasteiger charge is -2.50. The summed E-state index contributed by atoms with van der Waals surface area (Å²) in [6.45, 7) is 9.30. The number of hydrogen-bond acceptors (Lipinski definition) is 8. The normalized spacial score (nSPS) is 37.8. The number of carbonyl (C=O) groups excluding carboxylic acids is 5. The van der Waals surface area contributed by atoms with Gasteiger partial charge in [-0.25, -0.2) is 0 Å². The molecule has 4 rings (SSSR count). The molecule has 4 aliphatic carbocycles. The highest BCUT2D eigenvalue weighted by molar-refractivity contribution is 6.25. The van der Waals surface area contributed by atoms with Gasteiger partial charge < -0.3 is 14.6 Å². The van der Waals surface area contributed by atoms with E-state index in [-0.39, 0.29) is 23.5 Å². The zero-order valence-electron chi connectivity index (χ0n) is 19.2. The van der Waals surface area contributed by atoms with Crippen molar-refractivity contribution in [3.05, 3.63) is 22.5 Å². The van der Waals surface area contributed by atoms with E-state index in [0.717, 1.165) is 0 Å². The zero-order chi connectivity index (χ0) is 24.0. The second-order valence-electron chi connectivity index (χ2n) is 10.4. The van der Waals surface area contributed by atoms with Crippen molar-refractivity contribution >= 4 is 29.3 Å². The number of hydrogen-bond donors (Lipinski definition) is 1. The molecule has 0 radical (unpaired) electrons. The Morgan fingerprint density at radius 2 is 1.53 bits per heavy atom. The molecule has 8 heteroatoms. The first-order valence-corrected chi connectivity index (χ1v) is 10.9. The summed E-state index contributed by atoms with van der Waals surface area (Å²) in [6, 6.07) is 0. The smallest absolute Gasteiger partial charge is 0.303 e. The Morgan fingerprint density at radius 1 is 0.969 bits per heavy atom. The summed E-state index contributed by atoms with van der Waals surface area (Å²) in [7, 11) is 0. The van der Waals surface area contributed by atoms with Crippen molar-refractivity contribution in [2.45, 2.75) is 73.0 Å². The minimum Gasteiger partial charge on any atom is -0.504 e. The second-order valence-corrected chi connectivity index (χ2v) is 10.4. The summed E-state index contributed by atoms with van der Waals surface area (Å²) in [6.07, 6.45) is -1.18. The second kappa shape index (κ2) is 6.62. The summed E-state index contributed by atoms with van der Waals surface area (Å²) in [5.74, 6) is -3.85. The van der Waals surface area contributed by atoms with E-state index < -0.39 is 63.5 Å². The highest BCUT2D eigenvalue weighted by Crippen LogP contribution is 2.66. The van der Waals surface area contributed by atoms with Gasteiger partial charge in [-0.2, -0.15) is 0 Å². The SMILES string of the molecule is CC(=O)OC1CC2=C(C(=O)C(O)=C3C(=O)C4(CC4C)C(OC(C)=O)C(=O)C23C)C(C)(C)C1. The van der Waals surface area contributed by atoms with Crippen LogP contribution in [0.3, 0.4) is 0 Å². The summed E-state index contributed by atoms with van der Waals surface area (Å²) in [5, 5.41) is 11.0. The Morgan fingerprint density at radius 3 is 2.03 bits per heavy atom. The van der Waals surface area contributed by atoms with Crippen molar-refractivity contribution in [1.29, 1.82) is 0 Å². The average molecular weight is 444 g/mol. The molecule has 32 heavy (non-hydrogen) atoms. The van der Waals surface area contributed by atoms with Crippen molar-refractivity contribution in [3.8, 4) is 0 Å². The van der Waals surface area contributed by atoms with Crippen LogP contribution in [-0.4, -0.2) is 46.6 Å². The number of allylic oxidation sites excluding steroid dienone is 2. The molecule has 4 aliphatic rings. The number of esters is 2. The van der Waals surface area contributed by atoms with Gasteiger partial charge in [0.1, 0.15) is 6.10 Å². The molecular weight excluding hydrogens is 416 g/mol. The molecule has 0 aromatic carbocycles. The summed E-state index contributed by atoms with van der Waals surface area (Å²) < 4.78 is 10.9. The van der Waals surface area contributed by atoms with E-state index in [2.05, 4.69) is 0 Å². The van der Waals surface area contributed by atoms with Crippen LogP contribution >= 0.6 is 0 Å². The number of ether oxygens (including phenoxy) is 2. The average Bonchev–Trinajstić information content (AvgIpc) is 3.32. The fraction of sp³-hybridized carbons (Fsp3) is 0.625. The Hall–Kier alpha value is -2.77. The molecule has 1 N–H and O–H groups in total. The lowest BCUT2D eigenvalue weighted by Crippen LogP contribution is -2.59. The first-order valence-electron chi connectivity index (χ1n) is 10.9. The van der Waals surface area contributed by atoms with E-state index in [1.807, 2.05) is 0 Å². The van der Waals surface area contributed by atoms with Crippen LogP contribution in [0.1, 0.15) is 60.8 Å². The minimum absolute atomic E-state index is 0.0751. The topological polar surface area (TPSA) is 124 Å². The van der Waals surface area contributed by atoms with Crippen LogP contribution in [0.25, 0.3) is 0 Å². The first-order chi connectivity index (χ1) is 14.7. The van der Waals surface area contributed by atoms with Gasteiger partial charge in [0.2, 0.25) is 5.78 Å². The van der Waals surface area contributed by atoms with Gasteiger partial charge >= 0.3 is 11.9 Å². The predicted molar refractivity (Wildman–Crippen MR) is 110 cm³/mol. The standard InChI is InChI=1S/C24H28O8/c1-10-8-24(10)19(29)16-18(28)17(27)15-14(7-13(31-11(2)25)9-22(15,4)5)23(16,6)20(30)21(24)32-12(3)26/h10,13,21,28H,7-9H2,1-6H3. The van der Waals surface area contributed by atoms with Crippen molar-refractivity contribution in [2.24, 2.45) is 22.2 Å². The van der Waals surface area contributed by atoms with E-state index in [1.165, 1.54) is 20.8 Å². The molecular formula is C24H28O8. The molecule has 0 heterocycles. The fourth-order valence-corrected chi connectivity index (χ4v) is 6.23. The quantitative estimate of drug-likeness (QED) is 0.645. The lowest BCUT2D eigenvalue weighted by molar-refractivity contribution is -0.166. The molecule has 0 amide bonds. The molecule has 0 aliphatic heterocycles. The number of aliphatic hydroxyl groups excluding tert-OH is 1. The molecule has 0 saturated heterocycles. The lowest BCUT2D eigenvalue weighted by atomic mass is 9.52. The number of rotatable bonds is 2. The maximum Gasteiger partial charge on any atom is 0.303 e. The number of aliphatic hydroxyl groups is 1. The van der Waals surface area contributed by atoms with Gasteiger partial charge in [-0.05, 0) is 36.7 Å². The van der Waals surface area contributed by atoms with Gasteiger partial charge in [-0.3, -0.25) is 24.0 Å². The van der Waals surface area contributed by atoms with Crippen LogP contribution in [0.2, 0.25) is 0 Å². The third kappa shape index (κ3) is 2.70. The van der Waals surface area contributed by atoms with Gasteiger partial charge in [0, 0.05) is 25.8 Å². The molecule has 8 nitrogen and oxygen atoms in total. The Kier molecular flexibility index (Phi) is 4.64. The predicted octanol–water partition coefficient (Wildman–Crippen LogP) is 2.55. The van der Waals surface area contributed by atoms with Gasteiger partial charge in [0.25, 0.3) is 0 Å². The molecule has 0 bridgehead atoms. The van der Waals surface area contributed by atoms with Crippen molar-refractivity contribution in [3.63, 3.8) is 0 Å². The molecule has 5 unspecified atom stereocenters. The van der Waals surface area contributed by atoms with Crippen molar-refractivity contribution in [1.82, 2.24) is 0 Å². The largest absolute Gasteiger partial charge is 0.504 e. The number of carbonyl (C=O) groups is 5. The Labute approximate surface area is 186 Å². The summed E-state index contributed by atoms with van der Waals surface area (Å²) >= 11 is 0. The summed E-state index contributed by atoms with van der Waals surface area (Å²) in [4.78, 5) is 64.5. The van der Waals surface area contributed by atoms with Crippen LogP contribution in [0.15, 0.2) is 22.5 Å². The highest BCUT2D eigenvalue weighted by atomic mass is 16.6. The molecule has 0 aromatic rings. The van der Waals surface area contributed by atoms with E-state index in [9.17, 15) is 29.1 Å². The minimum atomic E-state index is -1.66. The van der Waals surface area contributed by atoms with E-state index in [4.69, 9.17) is 9.47 Å². The third-order valence-corrected chi connectivity index (χ3v) is 7.76. The maximum atomic E-state index is 14.0. The van der Waals surface area contributed by atoms with Crippen molar-refractivity contribution in [2.75, 3.05) is 0 Å². The molecule has 0 aromatic heterocycles.